The minimum absolute atomic E-state index is 0.00657. The van der Waals surface area contributed by atoms with Gasteiger partial charge in [-0.2, -0.15) is 0 Å². The van der Waals surface area contributed by atoms with Crippen LogP contribution >= 0.6 is 11.3 Å². The maximum absolute atomic E-state index is 12.9. The summed E-state index contributed by atoms with van der Waals surface area (Å²) in [5.41, 5.74) is 2.18. The van der Waals surface area contributed by atoms with Crippen LogP contribution in [0.25, 0.3) is 10.9 Å². The summed E-state index contributed by atoms with van der Waals surface area (Å²) in [4.78, 5) is 18.6. The maximum atomic E-state index is 12.9. The van der Waals surface area contributed by atoms with Gasteiger partial charge in [0.05, 0.1) is 29.9 Å². The smallest absolute Gasteiger partial charge is 0.253 e. The fourth-order valence-corrected chi connectivity index (χ4v) is 3.81. The Morgan fingerprint density at radius 3 is 2.68 bits per heavy atom. The molecule has 1 amide bonds. The van der Waals surface area contributed by atoms with Crippen LogP contribution in [0.15, 0.2) is 41.8 Å². The van der Waals surface area contributed by atoms with Gasteiger partial charge in [-0.25, -0.2) is 0 Å². The number of benzene rings is 1. The molecule has 0 fully saturated rings. The standard InChI is InChI=1S/C20H22N2O2S/c1-12(2)19(18-6-5-9-25-18)22-20(23)16-11-14-10-15(24-4)7-8-17(14)21-13(16)3/h5-12,19H,1-4H3,(H,22,23)/t19-/m0/s1. The zero-order valence-electron chi connectivity index (χ0n) is 14.9. The van der Waals surface area contributed by atoms with Crippen molar-refractivity contribution in [2.45, 2.75) is 26.8 Å². The summed E-state index contributed by atoms with van der Waals surface area (Å²) < 4.78 is 5.27. The Bertz CT molecular complexity index is 888. The minimum atomic E-state index is -0.0955. The lowest BCUT2D eigenvalue weighted by Gasteiger charge is -2.21. The van der Waals surface area contributed by atoms with Gasteiger partial charge in [-0.15, -0.1) is 11.3 Å². The number of aryl methyl sites for hydroxylation is 1. The van der Waals surface area contributed by atoms with Crippen LogP contribution in [-0.2, 0) is 0 Å². The van der Waals surface area contributed by atoms with E-state index in [2.05, 4.69) is 30.2 Å². The number of carbonyl (C=O) groups excluding carboxylic acids is 1. The third-order valence-electron chi connectivity index (χ3n) is 4.26. The van der Waals surface area contributed by atoms with E-state index in [0.29, 0.717) is 11.5 Å². The van der Waals surface area contributed by atoms with Gasteiger partial charge < -0.3 is 10.1 Å². The third kappa shape index (κ3) is 3.66. The van der Waals surface area contributed by atoms with Crippen molar-refractivity contribution in [1.82, 2.24) is 10.3 Å². The zero-order valence-corrected chi connectivity index (χ0v) is 15.7. The summed E-state index contributed by atoms with van der Waals surface area (Å²) in [6.07, 6.45) is 0. The van der Waals surface area contributed by atoms with E-state index in [4.69, 9.17) is 4.74 Å². The summed E-state index contributed by atoms with van der Waals surface area (Å²) in [5, 5.41) is 6.10. The topological polar surface area (TPSA) is 51.2 Å². The highest BCUT2D eigenvalue weighted by molar-refractivity contribution is 7.10. The summed E-state index contributed by atoms with van der Waals surface area (Å²) in [7, 11) is 1.63. The second-order valence-corrected chi connectivity index (χ2v) is 7.37. The lowest BCUT2D eigenvalue weighted by Crippen LogP contribution is -2.31. The van der Waals surface area contributed by atoms with Crippen LogP contribution in [0.1, 0.15) is 40.8 Å². The number of aromatic nitrogens is 1. The number of hydrogen-bond acceptors (Lipinski definition) is 4. The number of rotatable bonds is 5. The number of nitrogens with one attached hydrogen (secondary N) is 1. The van der Waals surface area contributed by atoms with Crippen LogP contribution in [0.2, 0.25) is 0 Å². The number of nitrogens with zero attached hydrogens (tertiary/aromatic N) is 1. The molecule has 1 N–H and O–H groups in total. The number of ether oxygens (including phenoxy) is 1. The quantitative estimate of drug-likeness (QED) is 0.720. The molecule has 3 rings (SSSR count). The first-order valence-corrected chi connectivity index (χ1v) is 9.17. The first-order valence-electron chi connectivity index (χ1n) is 8.29. The molecule has 0 radical (unpaired) electrons. The molecule has 130 valence electrons. The molecule has 0 saturated heterocycles. The Morgan fingerprint density at radius 1 is 1.24 bits per heavy atom. The molecule has 0 aliphatic heterocycles. The molecule has 0 aliphatic carbocycles. The van der Waals surface area contributed by atoms with Crippen LogP contribution in [0, 0.1) is 12.8 Å². The average molecular weight is 354 g/mol. The van der Waals surface area contributed by atoms with E-state index in [9.17, 15) is 4.79 Å². The Labute approximate surface area is 151 Å². The van der Waals surface area contributed by atoms with Crippen molar-refractivity contribution in [3.05, 3.63) is 57.9 Å². The van der Waals surface area contributed by atoms with E-state index < -0.39 is 0 Å². The van der Waals surface area contributed by atoms with E-state index in [1.807, 2.05) is 42.6 Å². The Kier molecular flexibility index (Phi) is 5.04. The molecule has 2 aromatic heterocycles. The highest BCUT2D eigenvalue weighted by atomic mass is 32.1. The van der Waals surface area contributed by atoms with Gasteiger partial charge in [-0.05, 0) is 48.6 Å². The van der Waals surface area contributed by atoms with E-state index in [-0.39, 0.29) is 11.9 Å². The Morgan fingerprint density at radius 2 is 2.04 bits per heavy atom. The molecule has 0 aliphatic rings. The van der Waals surface area contributed by atoms with Gasteiger partial charge in [-0.1, -0.05) is 19.9 Å². The van der Waals surface area contributed by atoms with Gasteiger partial charge in [0.25, 0.3) is 5.91 Å². The van der Waals surface area contributed by atoms with E-state index in [1.54, 1.807) is 18.4 Å². The van der Waals surface area contributed by atoms with Crippen molar-refractivity contribution >= 4 is 28.1 Å². The highest BCUT2D eigenvalue weighted by Gasteiger charge is 2.21. The fourth-order valence-electron chi connectivity index (χ4n) is 2.86. The largest absolute Gasteiger partial charge is 0.497 e. The van der Waals surface area contributed by atoms with Gasteiger partial charge >= 0.3 is 0 Å². The van der Waals surface area contributed by atoms with E-state index >= 15 is 0 Å². The zero-order chi connectivity index (χ0) is 18.0. The Hall–Kier alpha value is -2.40. The number of pyridine rings is 1. The van der Waals surface area contributed by atoms with Gasteiger partial charge in [0.1, 0.15) is 5.75 Å². The van der Waals surface area contributed by atoms with Gasteiger partial charge in [0, 0.05) is 10.3 Å². The molecule has 0 bridgehead atoms. The summed E-state index contributed by atoms with van der Waals surface area (Å²) in [6.45, 7) is 6.09. The monoisotopic (exact) mass is 354 g/mol. The number of fused-ring (bicyclic) bond motifs is 1. The van der Waals surface area contributed by atoms with Crippen LogP contribution in [0.4, 0.5) is 0 Å². The molecular formula is C20H22N2O2S. The Balaban J connectivity index is 1.94. The van der Waals surface area contributed by atoms with Crippen molar-refractivity contribution < 1.29 is 9.53 Å². The van der Waals surface area contributed by atoms with Crippen molar-refractivity contribution in [2.24, 2.45) is 5.92 Å². The number of methoxy groups -OCH3 is 1. The number of thiophene rings is 1. The predicted octanol–water partition coefficient (Wildman–Crippen LogP) is 4.74. The molecule has 2 heterocycles. The maximum Gasteiger partial charge on any atom is 0.253 e. The predicted molar refractivity (Wildman–Crippen MR) is 102 cm³/mol. The van der Waals surface area contributed by atoms with Crippen LogP contribution in [-0.4, -0.2) is 18.0 Å². The molecule has 1 atom stereocenters. The van der Waals surface area contributed by atoms with Crippen molar-refractivity contribution in [3.63, 3.8) is 0 Å². The van der Waals surface area contributed by atoms with Crippen molar-refractivity contribution in [1.29, 1.82) is 0 Å². The molecular weight excluding hydrogens is 332 g/mol. The van der Waals surface area contributed by atoms with Crippen LogP contribution in [0.5, 0.6) is 5.75 Å². The molecule has 5 heteroatoms. The summed E-state index contributed by atoms with van der Waals surface area (Å²) in [6, 6.07) is 11.6. The lowest BCUT2D eigenvalue weighted by molar-refractivity contribution is 0.0925. The summed E-state index contributed by atoms with van der Waals surface area (Å²) >= 11 is 1.66. The third-order valence-corrected chi connectivity index (χ3v) is 5.22. The first kappa shape index (κ1) is 17.4. The molecule has 0 unspecified atom stereocenters. The van der Waals surface area contributed by atoms with Crippen molar-refractivity contribution in [3.8, 4) is 5.75 Å². The number of amides is 1. The number of hydrogen-bond donors (Lipinski definition) is 1. The molecule has 25 heavy (non-hydrogen) atoms. The van der Waals surface area contributed by atoms with Gasteiger partial charge in [0.15, 0.2) is 0 Å². The average Bonchev–Trinajstić information content (AvgIpc) is 3.12. The van der Waals surface area contributed by atoms with E-state index in [0.717, 1.165) is 27.2 Å². The van der Waals surface area contributed by atoms with Crippen molar-refractivity contribution in [2.75, 3.05) is 7.11 Å². The number of carbonyl (C=O) groups is 1. The van der Waals surface area contributed by atoms with E-state index in [1.165, 1.54) is 0 Å². The van der Waals surface area contributed by atoms with Crippen LogP contribution < -0.4 is 10.1 Å². The second kappa shape index (κ2) is 7.23. The first-order chi connectivity index (χ1) is 12.0. The minimum Gasteiger partial charge on any atom is -0.497 e. The molecule has 3 aromatic rings. The molecule has 0 saturated carbocycles. The second-order valence-electron chi connectivity index (χ2n) is 6.39. The SMILES string of the molecule is COc1ccc2nc(C)c(C(=O)N[C@H](c3cccs3)C(C)C)cc2c1. The summed E-state index contributed by atoms with van der Waals surface area (Å²) in [5.74, 6) is 0.960. The molecule has 0 spiro atoms. The van der Waals surface area contributed by atoms with Gasteiger partial charge in [0.2, 0.25) is 0 Å². The lowest BCUT2D eigenvalue weighted by atomic mass is 10.0. The van der Waals surface area contributed by atoms with Crippen LogP contribution in [0.3, 0.4) is 0 Å². The molecule has 1 aromatic carbocycles. The fraction of sp³-hybridized carbons (Fsp3) is 0.300. The molecule has 4 nitrogen and oxygen atoms in total. The highest BCUT2D eigenvalue weighted by Crippen LogP contribution is 2.27. The van der Waals surface area contributed by atoms with Gasteiger partial charge in [-0.3, -0.25) is 9.78 Å². The normalized spacial score (nSPS) is 12.4.